The van der Waals surface area contributed by atoms with E-state index >= 15 is 0 Å². The Morgan fingerprint density at radius 2 is 2.54 bits per heavy atom. The van der Waals surface area contributed by atoms with E-state index in [4.69, 9.17) is 0 Å². The minimum Gasteiger partial charge on any atom is -0.320 e. The third-order valence-corrected chi connectivity index (χ3v) is 1.90. The molecule has 0 aliphatic heterocycles. The first-order chi connectivity index (χ1) is 6.36. The van der Waals surface area contributed by atoms with E-state index in [-0.39, 0.29) is 0 Å². The Morgan fingerprint density at radius 1 is 1.69 bits per heavy atom. The highest BCUT2D eigenvalue weighted by Gasteiger charge is 1.96. The lowest BCUT2D eigenvalue weighted by atomic mass is 10.2. The maximum absolute atomic E-state index is 4.21. The summed E-state index contributed by atoms with van der Waals surface area (Å²) in [4.78, 5) is 0. The fourth-order valence-corrected chi connectivity index (χ4v) is 1.24. The molecule has 0 radical (unpaired) electrons. The molecule has 1 aromatic heterocycles. The molecule has 0 aliphatic carbocycles. The van der Waals surface area contributed by atoms with Crippen LogP contribution in [0.4, 0.5) is 0 Å². The van der Waals surface area contributed by atoms with Crippen molar-refractivity contribution < 1.29 is 0 Å². The Morgan fingerprint density at radius 3 is 3.23 bits per heavy atom. The van der Waals surface area contributed by atoms with E-state index in [9.17, 15) is 0 Å². The minimum absolute atomic E-state index is 0.798. The topological polar surface area (TPSA) is 29.9 Å². The highest BCUT2D eigenvalue weighted by Crippen LogP contribution is 2.01. The molecule has 0 amide bonds. The molecule has 0 fully saturated rings. The molecule has 0 bridgehead atoms. The summed E-state index contributed by atoms with van der Waals surface area (Å²) in [5.74, 6) is 0. The van der Waals surface area contributed by atoms with Crippen LogP contribution < -0.4 is 5.32 Å². The summed E-state index contributed by atoms with van der Waals surface area (Å²) in [5, 5.41) is 7.34. The Labute approximate surface area is 79.5 Å². The molecule has 0 atom stereocenters. The largest absolute Gasteiger partial charge is 0.320 e. The Balaban J connectivity index is 2.35. The van der Waals surface area contributed by atoms with E-state index in [2.05, 4.69) is 23.2 Å². The molecule has 3 heteroatoms. The van der Waals surface area contributed by atoms with Crippen molar-refractivity contribution in [3.8, 4) is 0 Å². The van der Waals surface area contributed by atoms with Crippen LogP contribution >= 0.6 is 0 Å². The fraction of sp³-hybridized carbons (Fsp3) is 0.500. The van der Waals surface area contributed by atoms with Gasteiger partial charge in [0.15, 0.2) is 0 Å². The van der Waals surface area contributed by atoms with Gasteiger partial charge < -0.3 is 5.32 Å². The first kappa shape index (κ1) is 9.99. The first-order valence-electron chi connectivity index (χ1n) is 4.63. The zero-order valence-electron chi connectivity index (χ0n) is 8.16. The molecule has 0 aliphatic rings. The van der Waals surface area contributed by atoms with Crippen molar-refractivity contribution in [3.63, 3.8) is 0 Å². The molecule has 0 aromatic carbocycles. The van der Waals surface area contributed by atoms with Gasteiger partial charge in [-0.05, 0) is 32.0 Å². The van der Waals surface area contributed by atoms with Crippen molar-refractivity contribution >= 4 is 0 Å². The summed E-state index contributed by atoms with van der Waals surface area (Å²) in [6.07, 6.45) is 8.12. The molecule has 0 saturated heterocycles. The summed E-state index contributed by atoms with van der Waals surface area (Å²) in [6, 6.07) is 0. The highest BCUT2D eigenvalue weighted by atomic mass is 15.3. The van der Waals surface area contributed by atoms with E-state index in [1.54, 1.807) is 0 Å². The lowest BCUT2D eigenvalue weighted by molar-refractivity contribution is 0.699. The van der Waals surface area contributed by atoms with Crippen molar-refractivity contribution in [1.29, 1.82) is 0 Å². The van der Waals surface area contributed by atoms with Gasteiger partial charge >= 0.3 is 0 Å². The molecule has 0 unspecified atom stereocenters. The maximum atomic E-state index is 4.21. The molecule has 1 rings (SSSR count). The second kappa shape index (κ2) is 5.54. The molecule has 13 heavy (non-hydrogen) atoms. The summed E-state index contributed by atoms with van der Waals surface area (Å²) in [6.45, 7) is 5.53. The van der Waals surface area contributed by atoms with Gasteiger partial charge in [0.1, 0.15) is 0 Å². The van der Waals surface area contributed by atoms with Crippen LogP contribution in [0.3, 0.4) is 0 Å². The zero-order valence-corrected chi connectivity index (χ0v) is 8.16. The smallest absolute Gasteiger partial charge is 0.0587 e. The number of nitrogens with zero attached hydrogens (tertiary/aromatic N) is 2. The normalized spacial score (nSPS) is 10.2. The van der Waals surface area contributed by atoms with Crippen molar-refractivity contribution in [2.75, 3.05) is 13.6 Å². The van der Waals surface area contributed by atoms with Crippen LogP contribution in [0, 0.1) is 0 Å². The summed E-state index contributed by atoms with van der Waals surface area (Å²) in [5.41, 5.74) is 1.30. The molecule has 1 heterocycles. The predicted octanol–water partition coefficient (Wildman–Crippen LogP) is 1.22. The third kappa shape index (κ3) is 3.42. The van der Waals surface area contributed by atoms with Gasteiger partial charge in [-0.3, -0.25) is 4.68 Å². The summed E-state index contributed by atoms with van der Waals surface area (Å²) >= 11 is 0. The van der Waals surface area contributed by atoms with Gasteiger partial charge in [-0.25, -0.2) is 0 Å². The predicted molar refractivity (Wildman–Crippen MR) is 54.7 cm³/mol. The van der Waals surface area contributed by atoms with Crippen LogP contribution in [0.5, 0.6) is 0 Å². The maximum Gasteiger partial charge on any atom is 0.0587 e. The third-order valence-electron chi connectivity index (χ3n) is 1.90. The first-order valence-corrected chi connectivity index (χ1v) is 4.63. The Kier molecular flexibility index (Phi) is 4.26. The highest BCUT2D eigenvalue weighted by molar-refractivity contribution is 5.04. The van der Waals surface area contributed by atoms with E-state index in [1.807, 2.05) is 24.0 Å². The Hall–Kier alpha value is -1.09. The van der Waals surface area contributed by atoms with Gasteiger partial charge in [-0.1, -0.05) is 6.08 Å². The number of rotatable bonds is 6. The molecule has 0 saturated carbocycles. The monoisotopic (exact) mass is 179 g/mol. The number of aryl methyl sites for hydroxylation is 1. The van der Waals surface area contributed by atoms with Gasteiger partial charge in [0.25, 0.3) is 0 Å². The van der Waals surface area contributed by atoms with E-state index in [0.717, 1.165) is 25.9 Å². The summed E-state index contributed by atoms with van der Waals surface area (Å²) < 4.78 is 1.90. The average molecular weight is 179 g/mol. The number of allylic oxidation sites excluding steroid dienone is 1. The van der Waals surface area contributed by atoms with Crippen LogP contribution in [0.2, 0.25) is 0 Å². The molecule has 0 spiro atoms. The van der Waals surface area contributed by atoms with E-state index in [0.29, 0.717) is 0 Å². The molecule has 1 N–H and O–H groups in total. The van der Waals surface area contributed by atoms with Crippen LogP contribution in [-0.2, 0) is 13.0 Å². The fourth-order valence-electron chi connectivity index (χ4n) is 1.24. The van der Waals surface area contributed by atoms with Crippen molar-refractivity contribution in [1.82, 2.24) is 15.1 Å². The molecule has 1 aromatic rings. The average Bonchev–Trinajstić information content (AvgIpc) is 2.54. The molecular weight excluding hydrogens is 162 g/mol. The van der Waals surface area contributed by atoms with Crippen LogP contribution in [0.15, 0.2) is 25.0 Å². The lowest BCUT2D eigenvalue weighted by Gasteiger charge is -1.96. The SMILES string of the molecule is C=CCn1cc(CCCNC)cn1. The van der Waals surface area contributed by atoms with Crippen LogP contribution in [0.25, 0.3) is 0 Å². The second-order valence-corrected chi connectivity index (χ2v) is 3.07. The number of hydrogen-bond donors (Lipinski definition) is 1. The molecule has 72 valence electrons. The Bertz CT molecular complexity index is 252. The van der Waals surface area contributed by atoms with Gasteiger partial charge in [-0.2, -0.15) is 5.10 Å². The lowest BCUT2D eigenvalue weighted by Crippen LogP contribution is -2.08. The van der Waals surface area contributed by atoms with E-state index in [1.165, 1.54) is 5.56 Å². The second-order valence-electron chi connectivity index (χ2n) is 3.07. The molecule has 3 nitrogen and oxygen atoms in total. The molecular formula is C10H17N3. The van der Waals surface area contributed by atoms with Crippen molar-refractivity contribution in [3.05, 3.63) is 30.6 Å². The standard InChI is InChI=1S/C10H17N3/c1-3-7-13-9-10(8-12-13)5-4-6-11-2/h3,8-9,11H,1,4-7H2,2H3. The van der Waals surface area contributed by atoms with Crippen LogP contribution in [0.1, 0.15) is 12.0 Å². The summed E-state index contributed by atoms with van der Waals surface area (Å²) in [7, 11) is 1.97. The van der Waals surface area contributed by atoms with Gasteiger partial charge in [-0.15, -0.1) is 6.58 Å². The van der Waals surface area contributed by atoms with Crippen LogP contribution in [-0.4, -0.2) is 23.4 Å². The van der Waals surface area contributed by atoms with Gasteiger partial charge in [0, 0.05) is 6.20 Å². The van der Waals surface area contributed by atoms with Crippen molar-refractivity contribution in [2.45, 2.75) is 19.4 Å². The zero-order chi connectivity index (χ0) is 9.52. The van der Waals surface area contributed by atoms with Gasteiger partial charge in [0.2, 0.25) is 0 Å². The quantitative estimate of drug-likeness (QED) is 0.525. The van der Waals surface area contributed by atoms with E-state index < -0.39 is 0 Å². The van der Waals surface area contributed by atoms with Crippen molar-refractivity contribution in [2.24, 2.45) is 0 Å². The minimum atomic E-state index is 0.798. The van der Waals surface area contributed by atoms with Gasteiger partial charge in [0.05, 0.1) is 12.7 Å². The number of nitrogens with one attached hydrogen (secondary N) is 1. The number of hydrogen-bond acceptors (Lipinski definition) is 2. The number of aromatic nitrogens is 2.